The topological polar surface area (TPSA) is 40.5 Å². The molecule has 120 valence electrons. The zero-order chi connectivity index (χ0) is 16.8. The predicted molar refractivity (Wildman–Crippen MR) is 84.9 cm³/mol. The molecule has 0 saturated heterocycles. The van der Waals surface area contributed by atoms with E-state index in [-0.39, 0.29) is 12.1 Å². The van der Waals surface area contributed by atoms with Crippen molar-refractivity contribution >= 4 is 12.2 Å². The Morgan fingerprint density at radius 3 is 2.57 bits per heavy atom. The van der Waals surface area contributed by atoms with Gasteiger partial charge in [0.1, 0.15) is 11.6 Å². The van der Waals surface area contributed by atoms with E-state index in [4.69, 9.17) is 0 Å². The van der Waals surface area contributed by atoms with Crippen molar-refractivity contribution in [2.75, 3.05) is 0 Å². The Morgan fingerprint density at radius 2 is 1.91 bits per heavy atom. The Bertz CT molecular complexity index is 701. The van der Waals surface area contributed by atoms with E-state index in [1.807, 2.05) is 30.3 Å². The molecule has 0 bridgehead atoms. The Kier molecular flexibility index (Phi) is 5.46. The average molecular weight is 317 g/mol. The number of carbonyl (C=O) groups is 1. The molecule has 5 heteroatoms. The Morgan fingerprint density at radius 1 is 1.22 bits per heavy atom. The van der Waals surface area contributed by atoms with E-state index in [1.165, 1.54) is 17.1 Å². The quantitative estimate of drug-likeness (QED) is 0.879. The van der Waals surface area contributed by atoms with E-state index in [0.29, 0.717) is 0 Å². The summed E-state index contributed by atoms with van der Waals surface area (Å²) in [7, 11) is 0. The fourth-order valence-corrected chi connectivity index (χ4v) is 2.16. The van der Waals surface area contributed by atoms with Crippen LogP contribution >= 0.6 is 0 Å². The first-order valence-electron chi connectivity index (χ1n) is 7.14. The molecular weight excluding hydrogens is 300 g/mol. The second-order valence-corrected chi connectivity index (χ2v) is 5.16. The van der Waals surface area contributed by atoms with Gasteiger partial charge in [-0.15, -0.1) is 0 Å². The molecule has 0 heterocycles. The van der Waals surface area contributed by atoms with Crippen molar-refractivity contribution in [2.45, 2.75) is 19.5 Å². The SMILES string of the molecule is CC(C=Cc1cc(F)ccc1F)N(Cc1ccccc1)C(=O)O. The molecule has 2 rings (SSSR count). The van der Waals surface area contributed by atoms with Gasteiger partial charge in [-0.05, 0) is 30.7 Å². The summed E-state index contributed by atoms with van der Waals surface area (Å²) in [6.07, 6.45) is 1.85. The average Bonchev–Trinajstić information content (AvgIpc) is 2.54. The largest absolute Gasteiger partial charge is 0.465 e. The highest BCUT2D eigenvalue weighted by atomic mass is 19.1. The van der Waals surface area contributed by atoms with Crippen LogP contribution in [0.15, 0.2) is 54.6 Å². The lowest BCUT2D eigenvalue weighted by Crippen LogP contribution is -2.35. The van der Waals surface area contributed by atoms with Gasteiger partial charge in [0.2, 0.25) is 0 Å². The number of carboxylic acid groups (broad SMARTS) is 1. The molecule has 2 aromatic carbocycles. The highest BCUT2D eigenvalue weighted by Crippen LogP contribution is 2.14. The molecule has 0 aliphatic heterocycles. The van der Waals surface area contributed by atoms with Crippen molar-refractivity contribution in [1.29, 1.82) is 0 Å². The summed E-state index contributed by atoms with van der Waals surface area (Å²) in [5, 5.41) is 9.36. The number of halogens is 2. The summed E-state index contributed by atoms with van der Waals surface area (Å²) in [4.78, 5) is 12.7. The smallest absolute Gasteiger partial charge is 0.408 e. The minimum Gasteiger partial charge on any atom is -0.465 e. The van der Waals surface area contributed by atoms with E-state index in [1.54, 1.807) is 6.92 Å². The standard InChI is InChI=1S/C18H17F2NO2/c1-13(7-8-15-11-16(19)9-10-17(15)20)21(18(22)23)12-14-5-3-2-4-6-14/h2-11,13H,12H2,1H3,(H,22,23). The molecular formula is C18H17F2NO2. The third-order valence-electron chi connectivity index (χ3n) is 3.45. The minimum absolute atomic E-state index is 0.0851. The van der Waals surface area contributed by atoms with Crippen molar-refractivity contribution in [3.63, 3.8) is 0 Å². The van der Waals surface area contributed by atoms with Gasteiger partial charge in [-0.3, -0.25) is 4.90 Å². The Hall–Kier alpha value is -2.69. The minimum atomic E-state index is -1.08. The molecule has 1 unspecified atom stereocenters. The van der Waals surface area contributed by atoms with Gasteiger partial charge in [0.05, 0.1) is 6.04 Å². The maximum absolute atomic E-state index is 13.6. The maximum atomic E-state index is 13.6. The van der Waals surface area contributed by atoms with Gasteiger partial charge in [0.15, 0.2) is 0 Å². The molecule has 0 radical (unpaired) electrons. The Labute approximate surface area is 133 Å². The van der Waals surface area contributed by atoms with E-state index in [2.05, 4.69) is 0 Å². The van der Waals surface area contributed by atoms with Crippen LogP contribution in [0.25, 0.3) is 6.08 Å². The van der Waals surface area contributed by atoms with Gasteiger partial charge < -0.3 is 5.11 Å². The number of hydrogen-bond acceptors (Lipinski definition) is 1. The third-order valence-corrected chi connectivity index (χ3v) is 3.45. The molecule has 0 spiro atoms. The summed E-state index contributed by atoms with van der Waals surface area (Å²) in [6, 6.07) is 11.8. The van der Waals surface area contributed by atoms with E-state index >= 15 is 0 Å². The highest BCUT2D eigenvalue weighted by molar-refractivity contribution is 5.66. The van der Waals surface area contributed by atoms with Gasteiger partial charge in [0.25, 0.3) is 0 Å². The third kappa shape index (κ3) is 4.64. The van der Waals surface area contributed by atoms with Crippen LogP contribution in [0.1, 0.15) is 18.1 Å². The lowest BCUT2D eigenvalue weighted by Gasteiger charge is -2.24. The van der Waals surface area contributed by atoms with Crippen LogP contribution in [0, 0.1) is 11.6 Å². The molecule has 1 amide bonds. The zero-order valence-electron chi connectivity index (χ0n) is 12.6. The molecule has 1 N–H and O–H groups in total. The van der Waals surface area contributed by atoms with Crippen molar-refractivity contribution < 1.29 is 18.7 Å². The van der Waals surface area contributed by atoms with Crippen LogP contribution in [0.2, 0.25) is 0 Å². The molecule has 0 aliphatic carbocycles. The molecule has 0 saturated carbocycles. The molecule has 0 aromatic heterocycles. The fraction of sp³-hybridized carbons (Fsp3) is 0.167. The van der Waals surface area contributed by atoms with Crippen LogP contribution in [0.5, 0.6) is 0 Å². The second-order valence-electron chi connectivity index (χ2n) is 5.16. The van der Waals surface area contributed by atoms with Crippen LogP contribution < -0.4 is 0 Å². The summed E-state index contributed by atoms with van der Waals surface area (Å²) in [5.74, 6) is -1.10. The molecule has 3 nitrogen and oxygen atoms in total. The molecule has 23 heavy (non-hydrogen) atoms. The maximum Gasteiger partial charge on any atom is 0.408 e. The van der Waals surface area contributed by atoms with Crippen LogP contribution in [0.3, 0.4) is 0 Å². The lowest BCUT2D eigenvalue weighted by molar-refractivity contribution is 0.134. The van der Waals surface area contributed by atoms with Crippen molar-refractivity contribution in [1.82, 2.24) is 4.90 Å². The monoisotopic (exact) mass is 317 g/mol. The highest BCUT2D eigenvalue weighted by Gasteiger charge is 2.17. The van der Waals surface area contributed by atoms with Crippen molar-refractivity contribution in [3.8, 4) is 0 Å². The normalized spacial score (nSPS) is 12.3. The summed E-state index contributed by atoms with van der Waals surface area (Å²) >= 11 is 0. The summed E-state index contributed by atoms with van der Waals surface area (Å²) in [5.41, 5.74) is 0.939. The summed E-state index contributed by atoms with van der Waals surface area (Å²) in [6.45, 7) is 1.90. The van der Waals surface area contributed by atoms with Gasteiger partial charge in [-0.25, -0.2) is 13.6 Å². The van der Waals surface area contributed by atoms with E-state index < -0.39 is 23.8 Å². The first kappa shape index (κ1) is 16.7. The van der Waals surface area contributed by atoms with Gasteiger partial charge in [-0.2, -0.15) is 0 Å². The second kappa shape index (κ2) is 7.54. The number of benzene rings is 2. The first-order valence-corrected chi connectivity index (χ1v) is 7.14. The van der Waals surface area contributed by atoms with Crippen LogP contribution in [-0.2, 0) is 6.54 Å². The molecule has 0 fully saturated rings. The molecule has 1 atom stereocenters. The number of amides is 1. The molecule has 0 aliphatic rings. The number of nitrogens with zero attached hydrogens (tertiary/aromatic N) is 1. The van der Waals surface area contributed by atoms with Crippen LogP contribution in [-0.4, -0.2) is 22.1 Å². The fourth-order valence-electron chi connectivity index (χ4n) is 2.16. The first-order chi connectivity index (χ1) is 11.0. The van der Waals surface area contributed by atoms with Gasteiger partial charge in [-0.1, -0.05) is 42.5 Å². The van der Waals surface area contributed by atoms with Gasteiger partial charge in [0, 0.05) is 12.1 Å². The van der Waals surface area contributed by atoms with Crippen molar-refractivity contribution in [2.24, 2.45) is 0 Å². The number of rotatable bonds is 5. The van der Waals surface area contributed by atoms with E-state index in [9.17, 15) is 18.7 Å². The lowest BCUT2D eigenvalue weighted by atomic mass is 10.1. The molecule has 2 aromatic rings. The van der Waals surface area contributed by atoms with E-state index in [0.717, 1.165) is 23.8 Å². The van der Waals surface area contributed by atoms with Crippen molar-refractivity contribution in [3.05, 3.63) is 77.4 Å². The van der Waals surface area contributed by atoms with Crippen LogP contribution in [0.4, 0.5) is 13.6 Å². The number of hydrogen-bond donors (Lipinski definition) is 1. The van der Waals surface area contributed by atoms with Gasteiger partial charge >= 0.3 is 6.09 Å². The Balaban J connectivity index is 2.15. The zero-order valence-corrected chi connectivity index (χ0v) is 12.6. The predicted octanol–water partition coefficient (Wildman–Crippen LogP) is 4.55. The summed E-state index contributed by atoms with van der Waals surface area (Å²) < 4.78 is 26.7.